The molecule has 1 unspecified atom stereocenters. The van der Waals surface area contributed by atoms with Crippen molar-refractivity contribution in [2.24, 2.45) is 0 Å². The van der Waals surface area contributed by atoms with Gasteiger partial charge in [0.2, 0.25) is 0 Å². The van der Waals surface area contributed by atoms with Crippen LogP contribution in [0.15, 0.2) is 24.3 Å². The average Bonchev–Trinajstić information content (AvgIpc) is 2.91. The molecule has 0 saturated carbocycles. The third-order valence-electron chi connectivity index (χ3n) is 3.27. The molecule has 2 aliphatic heterocycles. The average molecular weight is 246 g/mol. The second kappa shape index (κ2) is 4.33. The molecule has 1 fully saturated rings. The molecule has 1 N–H and O–H groups in total. The molecular weight excluding hydrogens is 232 g/mol. The molecule has 1 aromatic rings. The summed E-state index contributed by atoms with van der Waals surface area (Å²) in [6.45, 7) is 1.43. The lowest BCUT2D eigenvalue weighted by Crippen LogP contribution is -2.49. The van der Waals surface area contributed by atoms with Crippen LogP contribution in [0.1, 0.15) is 12.8 Å². The molecule has 94 valence electrons. The predicted molar refractivity (Wildman–Crippen MR) is 65.3 cm³/mol. The van der Waals surface area contributed by atoms with E-state index in [1.54, 1.807) is 17.0 Å². The van der Waals surface area contributed by atoms with Crippen LogP contribution in [-0.4, -0.2) is 35.9 Å². The van der Waals surface area contributed by atoms with E-state index < -0.39 is 6.10 Å². The fourth-order valence-electron chi connectivity index (χ4n) is 2.32. The van der Waals surface area contributed by atoms with Crippen molar-refractivity contribution in [3.8, 4) is 5.75 Å². The van der Waals surface area contributed by atoms with Gasteiger partial charge in [-0.1, -0.05) is 12.1 Å². The number of carbonyl (C=O) groups excluding carboxylic acids is 2. The highest BCUT2D eigenvalue weighted by Crippen LogP contribution is 2.29. The predicted octanol–water partition coefficient (Wildman–Crippen LogP) is 1.01. The number of ether oxygens (including phenoxy) is 1. The van der Waals surface area contributed by atoms with E-state index in [0.29, 0.717) is 24.5 Å². The van der Waals surface area contributed by atoms with Gasteiger partial charge in [0.1, 0.15) is 5.75 Å². The molecule has 0 aliphatic carbocycles. The summed E-state index contributed by atoms with van der Waals surface area (Å²) >= 11 is 0. The van der Waals surface area contributed by atoms with Crippen LogP contribution in [0.5, 0.6) is 5.75 Å². The number of nitrogens with one attached hydrogen (secondary N) is 1. The first-order valence-corrected chi connectivity index (χ1v) is 6.11. The van der Waals surface area contributed by atoms with Gasteiger partial charge in [0.15, 0.2) is 0 Å². The van der Waals surface area contributed by atoms with Crippen LogP contribution in [0.25, 0.3) is 0 Å². The van der Waals surface area contributed by atoms with Gasteiger partial charge in [-0.2, -0.15) is 0 Å². The largest absolute Gasteiger partial charge is 0.468 e. The summed E-state index contributed by atoms with van der Waals surface area (Å²) < 4.78 is 5.52. The van der Waals surface area contributed by atoms with Crippen molar-refractivity contribution >= 4 is 17.5 Å². The van der Waals surface area contributed by atoms with Crippen molar-refractivity contribution in [2.75, 3.05) is 18.4 Å². The Kier molecular flexibility index (Phi) is 2.66. The molecule has 0 aromatic heterocycles. The Morgan fingerprint density at radius 3 is 2.78 bits per heavy atom. The first-order valence-electron chi connectivity index (χ1n) is 6.11. The van der Waals surface area contributed by atoms with E-state index in [1.807, 2.05) is 12.1 Å². The molecule has 1 aromatic carbocycles. The van der Waals surface area contributed by atoms with E-state index in [-0.39, 0.29) is 11.8 Å². The number of hydrogen-bond acceptors (Lipinski definition) is 3. The van der Waals surface area contributed by atoms with Gasteiger partial charge >= 0.3 is 0 Å². The van der Waals surface area contributed by atoms with Gasteiger partial charge in [-0.3, -0.25) is 9.59 Å². The lowest BCUT2D eigenvalue weighted by atomic mass is 10.2. The van der Waals surface area contributed by atoms with Crippen molar-refractivity contribution in [3.63, 3.8) is 0 Å². The van der Waals surface area contributed by atoms with Gasteiger partial charge in [0, 0.05) is 13.1 Å². The van der Waals surface area contributed by atoms with Gasteiger partial charge < -0.3 is 15.0 Å². The minimum atomic E-state index is -1.04. The smallest absolute Gasteiger partial charge is 0.275 e. The number of nitrogens with zero attached hydrogens (tertiary/aromatic N) is 1. The Balaban J connectivity index is 1.82. The van der Waals surface area contributed by atoms with E-state index in [4.69, 9.17) is 4.74 Å². The molecular formula is C13H14N2O3. The zero-order valence-corrected chi connectivity index (χ0v) is 9.89. The molecule has 5 nitrogen and oxygen atoms in total. The number of amides is 2. The quantitative estimate of drug-likeness (QED) is 0.752. The third kappa shape index (κ3) is 1.81. The lowest BCUT2D eigenvalue weighted by Gasteiger charge is -2.27. The molecule has 2 amide bonds. The monoisotopic (exact) mass is 246 g/mol. The third-order valence-corrected chi connectivity index (χ3v) is 3.27. The number of benzene rings is 1. The van der Waals surface area contributed by atoms with Crippen LogP contribution >= 0.6 is 0 Å². The van der Waals surface area contributed by atoms with Crippen LogP contribution in [-0.2, 0) is 9.59 Å². The zero-order valence-electron chi connectivity index (χ0n) is 9.89. The second-order valence-corrected chi connectivity index (χ2v) is 4.52. The normalized spacial score (nSPS) is 22.1. The standard InChI is InChI=1S/C13H14N2O3/c16-12-11(13(17)15-7-3-4-8-15)18-10-6-2-1-5-9(10)14-12/h1-2,5-6,11H,3-4,7-8H2,(H,14,16). The Bertz CT molecular complexity index is 495. The number of hydrogen-bond donors (Lipinski definition) is 1. The van der Waals surface area contributed by atoms with Crippen molar-refractivity contribution in [1.29, 1.82) is 0 Å². The maximum absolute atomic E-state index is 12.2. The topological polar surface area (TPSA) is 58.6 Å². The van der Waals surface area contributed by atoms with Crippen molar-refractivity contribution in [1.82, 2.24) is 4.90 Å². The highest BCUT2D eigenvalue weighted by atomic mass is 16.5. The molecule has 3 rings (SSSR count). The van der Waals surface area contributed by atoms with Gasteiger partial charge in [0.25, 0.3) is 17.9 Å². The Labute approximate surface area is 105 Å². The van der Waals surface area contributed by atoms with E-state index >= 15 is 0 Å². The fourth-order valence-corrected chi connectivity index (χ4v) is 2.32. The summed E-state index contributed by atoms with van der Waals surface area (Å²) in [6.07, 6.45) is 0.950. The summed E-state index contributed by atoms with van der Waals surface area (Å²) in [6, 6.07) is 7.13. The molecule has 2 heterocycles. The van der Waals surface area contributed by atoms with Crippen LogP contribution in [0.4, 0.5) is 5.69 Å². The molecule has 18 heavy (non-hydrogen) atoms. The number of para-hydroxylation sites is 2. The van der Waals surface area contributed by atoms with Crippen LogP contribution in [0, 0.1) is 0 Å². The van der Waals surface area contributed by atoms with Gasteiger partial charge in [-0.05, 0) is 25.0 Å². The first-order chi connectivity index (χ1) is 8.75. The second-order valence-electron chi connectivity index (χ2n) is 4.52. The summed E-state index contributed by atoms with van der Waals surface area (Å²) in [4.78, 5) is 25.7. The highest BCUT2D eigenvalue weighted by molar-refractivity contribution is 6.11. The maximum Gasteiger partial charge on any atom is 0.275 e. The minimum Gasteiger partial charge on any atom is -0.468 e. The number of likely N-dealkylation sites (tertiary alicyclic amines) is 1. The Hall–Kier alpha value is -2.04. The lowest BCUT2D eigenvalue weighted by molar-refractivity contribution is -0.143. The number of rotatable bonds is 1. The molecule has 0 radical (unpaired) electrons. The SMILES string of the molecule is O=C1Nc2ccccc2OC1C(=O)N1CCCC1. The number of carbonyl (C=O) groups is 2. The summed E-state index contributed by atoms with van der Waals surface area (Å²) in [5.74, 6) is -0.0697. The van der Waals surface area contributed by atoms with Crippen molar-refractivity contribution in [2.45, 2.75) is 18.9 Å². The first kappa shape index (κ1) is 11.1. The minimum absolute atomic E-state index is 0.237. The Morgan fingerprint density at radius 1 is 1.28 bits per heavy atom. The Morgan fingerprint density at radius 2 is 2.00 bits per heavy atom. The summed E-state index contributed by atoms with van der Waals surface area (Å²) in [7, 11) is 0. The zero-order chi connectivity index (χ0) is 12.5. The molecule has 0 spiro atoms. The van der Waals surface area contributed by atoms with E-state index in [9.17, 15) is 9.59 Å². The van der Waals surface area contributed by atoms with Crippen LogP contribution < -0.4 is 10.1 Å². The highest BCUT2D eigenvalue weighted by Gasteiger charge is 2.37. The van der Waals surface area contributed by atoms with E-state index in [2.05, 4.69) is 5.32 Å². The molecule has 2 aliphatic rings. The number of anilines is 1. The van der Waals surface area contributed by atoms with Crippen molar-refractivity contribution in [3.05, 3.63) is 24.3 Å². The van der Waals surface area contributed by atoms with Crippen LogP contribution in [0.2, 0.25) is 0 Å². The molecule has 1 atom stereocenters. The summed E-state index contributed by atoms with van der Waals surface area (Å²) in [5.41, 5.74) is 0.618. The van der Waals surface area contributed by atoms with Gasteiger partial charge in [0.05, 0.1) is 5.69 Å². The fraction of sp³-hybridized carbons (Fsp3) is 0.385. The van der Waals surface area contributed by atoms with Crippen molar-refractivity contribution < 1.29 is 14.3 Å². The van der Waals surface area contributed by atoms with E-state index in [0.717, 1.165) is 12.8 Å². The van der Waals surface area contributed by atoms with Gasteiger partial charge in [-0.15, -0.1) is 0 Å². The molecule has 1 saturated heterocycles. The number of fused-ring (bicyclic) bond motifs is 1. The van der Waals surface area contributed by atoms with Gasteiger partial charge in [-0.25, -0.2) is 0 Å². The van der Waals surface area contributed by atoms with Crippen LogP contribution in [0.3, 0.4) is 0 Å². The maximum atomic E-state index is 12.2. The molecule has 0 bridgehead atoms. The summed E-state index contributed by atoms with van der Waals surface area (Å²) in [5, 5.41) is 2.70. The molecule has 5 heteroatoms. The van der Waals surface area contributed by atoms with E-state index in [1.165, 1.54) is 0 Å².